The summed E-state index contributed by atoms with van der Waals surface area (Å²) in [4.78, 5) is 0.846. The van der Waals surface area contributed by atoms with Crippen molar-refractivity contribution in [3.63, 3.8) is 0 Å². The topological polar surface area (TPSA) is 12.0 Å². The molecule has 3 heteroatoms. The molecule has 1 heterocycles. The molecule has 0 aromatic heterocycles. The molecular formula is C15H22FNS. The zero-order valence-corrected chi connectivity index (χ0v) is 12.2. The van der Waals surface area contributed by atoms with Crippen molar-refractivity contribution in [2.75, 3.05) is 12.3 Å². The van der Waals surface area contributed by atoms with E-state index in [1.54, 1.807) is 17.8 Å². The van der Waals surface area contributed by atoms with Gasteiger partial charge in [-0.25, -0.2) is 4.39 Å². The van der Waals surface area contributed by atoms with Crippen LogP contribution in [0.3, 0.4) is 0 Å². The summed E-state index contributed by atoms with van der Waals surface area (Å²) in [6.07, 6.45) is 1.09. The first kappa shape index (κ1) is 13.9. The Morgan fingerprint density at radius 3 is 2.89 bits per heavy atom. The van der Waals surface area contributed by atoms with E-state index in [1.807, 2.05) is 6.07 Å². The molecule has 0 radical (unpaired) electrons. The van der Waals surface area contributed by atoms with E-state index in [0.717, 1.165) is 29.2 Å². The van der Waals surface area contributed by atoms with Crippen molar-refractivity contribution in [3.05, 3.63) is 29.6 Å². The average Bonchev–Trinajstić information content (AvgIpc) is 2.36. The average molecular weight is 267 g/mol. The molecule has 0 bridgehead atoms. The Morgan fingerprint density at radius 1 is 1.39 bits per heavy atom. The van der Waals surface area contributed by atoms with Gasteiger partial charge in [0.25, 0.3) is 0 Å². The molecule has 1 aliphatic heterocycles. The van der Waals surface area contributed by atoms with Crippen molar-refractivity contribution >= 4 is 11.8 Å². The summed E-state index contributed by atoms with van der Waals surface area (Å²) in [5.41, 5.74) is 1.14. The van der Waals surface area contributed by atoms with Gasteiger partial charge in [-0.05, 0) is 42.2 Å². The normalized spacial score (nSPS) is 20.8. The largest absolute Gasteiger partial charge is 0.310 e. The molecule has 0 spiro atoms. The Labute approximate surface area is 114 Å². The van der Waals surface area contributed by atoms with Crippen LogP contribution in [0.15, 0.2) is 23.1 Å². The summed E-state index contributed by atoms with van der Waals surface area (Å²) in [6.45, 7) is 7.76. The van der Waals surface area contributed by atoms with Gasteiger partial charge in [0.15, 0.2) is 0 Å². The fourth-order valence-electron chi connectivity index (χ4n) is 2.16. The first-order valence-corrected chi connectivity index (χ1v) is 7.72. The van der Waals surface area contributed by atoms with Crippen LogP contribution in [-0.4, -0.2) is 12.3 Å². The van der Waals surface area contributed by atoms with Crippen molar-refractivity contribution in [3.8, 4) is 0 Å². The number of hydrogen-bond donors (Lipinski definition) is 1. The van der Waals surface area contributed by atoms with E-state index >= 15 is 0 Å². The third-order valence-corrected chi connectivity index (χ3v) is 5.01. The maximum absolute atomic E-state index is 13.7. The molecule has 1 aliphatic rings. The summed E-state index contributed by atoms with van der Waals surface area (Å²) in [7, 11) is 0. The first-order chi connectivity index (χ1) is 8.59. The van der Waals surface area contributed by atoms with E-state index in [2.05, 4.69) is 32.2 Å². The van der Waals surface area contributed by atoms with Gasteiger partial charge in [-0.2, -0.15) is 0 Å². The molecule has 0 saturated heterocycles. The highest BCUT2D eigenvalue weighted by Crippen LogP contribution is 2.37. The lowest BCUT2D eigenvalue weighted by Gasteiger charge is -2.28. The van der Waals surface area contributed by atoms with E-state index < -0.39 is 0 Å². The predicted molar refractivity (Wildman–Crippen MR) is 76.5 cm³/mol. The molecule has 0 fully saturated rings. The molecule has 1 aromatic carbocycles. The van der Waals surface area contributed by atoms with Gasteiger partial charge in [0.1, 0.15) is 5.82 Å². The van der Waals surface area contributed by atoms with Crippen LogP contribution in [0.1, 0.15) is 38.8 Å². The Kier molecular flexibility index (Phi) is 4.68. The lowest BCUT2D eigenvalue weighted by molar-refractivity contribution is 0.363. The molecular weight excluding hydrogens is 245 g/mol. The number of benzene rings is 1. The third-order valence-electron chi connectivity index (χ3n) is 3.85. The van der Waals surface area contributed by atoms with Gasteiger partial charge in [0.2, 0.25) is 0 Å². The smallest absolute Gasteiger partial charge is 0.137 e. The molecule has 0 amide bonds. The van der Waals surface area contributed by atoms with E-state index in [-0.39, 0.29) is 5.82 Å². The van der Waals surface area contributed by atoms with Gasteiger partial charge in [-0.3, -0.25) is 0 Å². The molecule has 18 heavy (non-hydrogen) atoms. The Balaban J connectivity index is 2.06. The molecule has 2 rings (SSSR count). The number of rotatable bonds is 4. The van der Waals surface area contributed by atoms with Gasteiger partial charge in [-0.1, -0.05) is 32.9 Å². The van der Waals surface area contributed by atoms with Gasteiger partial charge in [0.05, 0.1) is 0 Å². The number of nitrogens with one attached hydrogen (secondary N) is 1. The summed E-state index contributed by atoms with van der Waals surface area (Å²) >= 11 is 1.64. The quantitative estimate of drug-likeness (QED) is 0.875. The highest BCUT2D eigenvalue weighted by molar-refractivity contribution is 7.99. The van der Waals surface area contributed by atoms with Crippen molar-refractivity contribution in [2.24, 2.45) is 11.8 Å². The molecule has 1 N–H and O–H groups in total. The standard InChI is InChI=1S/C15H22FNS/c1-10(2)11(3)9-17-14-7-8-18-15-12(14)5-4-6-13(15)16/h4-6,10-11,14,17H,7-9H2,1-3H3. The maximum atomic E-state index is 13.7. The van der Waals surface area contributed by atoms with Crippen LogP contribution >= 0.6 is 11.8 Å². The second-order valence-electron chi connectivity index (χ2n) is 5.48. The SMILES string of the molecule is CC(C)C(C)CNC1CCSc2c(F)cccc21. The van der Waals surface area contributed by atoms with Crippen molar-refractivity contribution in [2.45, 2.75) is 38.1 Å². The lowest BCUT2D eigenvalue weighted by Crippen LogP contribution is -2.30. The van der Waals surface area contributed by atoms with E-state index in [9.17, 15) is 4.39 Å². The summed E-state index contributed by atoms with van der Waals surface area (Å²) in [6, 6.07) is 5.76. The van der Waals surface area contributed by atoms with Crippen molar-refractivity contribution in [1.29, 1.82) is 0 Å². The predicted octanol–water partition coefficient (Wildman–Crippen LogP) is 4.24. The molecule has 0 aliphatic carbocycles. The minimum Gasteiger partial charge on any atom is -0.310 e. The molecule has 1 aromatic rings. The van der Waals surface area contributed by atoms with Crippen LogP contribution < -0.4 is 5.32 Å². The molecule has 2 unspecified atom stereocenters. The van der Waals surface area contributed by atoms with Gasteiger partial charge < -0.3 is 5.32 Å². The third kappa shape index (κ3) is 3.07. The summed E-state index contributed by atoms with van der Waals surface area (Å²) < 4.78 is 13.7. The minimum absolute atomic E-state index is 0.0686. The van der Waals surface area contributed by atoms with Gasteiger partial charge >= 0.3 is 0 Å². The van der Waals surface area contributed by atoms with E-state index in [0.29, 0.717) is 17.9 Å². The number of fused-ring (bicyclic) bond motifs is 1. The van der Waals surface area contributed by atoms with Crippen LogP contribution in [0.2, 0.25) is 0 Å². The number of halogens is 1. The van der Waals surface area contributed by atoms with Crippen LogP contribution in [0.4, 0.5) is 4.39 Å². The fraction of sp³-hybridized carbons (Fsp3) is 0.600. The van der Waals surface area contributed by atoms with Gasteiger partial charge in [-0.15, -0.1) is 11.8 Å². The molecule has 0 saturated carbocycles. The Bertz CT molecular complexity index is 405. The molecule has 1 nitrogen and oxygen atoms in total. The van der Waals surface area contributed by atoms with Crippen LogP contribution in [0, 0.1) is 17.7 Å². The van der Waals surface area contributed by atoms with E-state index in [4.69, 9.17) is 0 Å². The first-order valence-electron chi connectivity index (χ1n) is 6.74. The zero-order chi connectivity index (χ0) is 13.1. The summed E-state index contributed by atoms with van der Waals surface area (Å²) in [5, 5.41) is 3.61. The molecule has 100 valence electrons. The fourth-order valence-corrected chi connectivity index (χ4v) is 3.30. The van der Waals surface area contributed by atoms with Crippen molar-refractivity contribution < 1.29 is 4.39 Å². The summed E-state index contributed by atoms with van der Waals surface area (Å²) in [5.74, 6) is 2.27. The van der Waals surface area contributed by atoms with E-state index in [1.165, 1.54) is 0 Å². The highest BCUT2D eigenvalue weighted by atomic mass is 32.2. The van der Waals surface area contributed by atoms with Crippen LogP contribution in [-0.2, 0) is 0 Å². The highest BCUT2D eigenvalue weighted by Gasteiger charge is 2.23. The Morgan fingerprint density at radius 2 is 2.17 bits per heavy atom. The Hall–Kier alpha value is -0.540. The molecule has 2 atom stereocenters. The lowest BCUT2D eigenvalue weighted by atomic mass is 9.96. The van der Waals surface area contributed by atoms with Crippen molar-refractivity contribution in [1.82, 2.24) is 5.32 Å². The second kappa shape index (κ2) is 6.07. The van der Waals surface area contributed by atoms with Crippen LogP contribution in [0.5, 0.6) is 0 Å². The van der Waals surface area contributed by atoms with Gasteiger partial charge in [0, 0.05) is 10.9 Å². The zero-order valence-electron chi connectivity index (χ0n) is 11.4. The second-order valence-corrected chi connectivity index (χ2v) is 6.58. The minimum atomic E-state index is -0.0686. The number of thioether (sulfide) groups is 1. The maximum Gasteiger partial charge on any atom is 0.137 e. The van der Waals surface area contributed by atoms with Crippen LogP contribution in [0.25, 0.3) is 0 Å². The number of hydrogen-bond acceptors (Lipinski definition) is 2. The monoisotopic (exact) mass is 267 g/mol.